The first-order valence-corrected chi connectivity index (χ1v) is 25.9. The first-order valence-electron chi connectivity index (χ1n) is 25.9. The third-order valence-electron chi connectivity index (χ3n) is 11.8. The number of amides is 1. The predicted molar refractivity (Wildman–Crippen MR) is 258 cm³/mol. The molecule has 0 spiro atoms. The zero-order valence-electron chi connectivity index (χ0n) is 39.1. The van der Waals surface area contributed by atoms with E-state index >= 15 is 0 Å². The third kappa shape index (κ3) is 45.4. The van der Waals surface area contributed by atoms with Crippen molar-refractivity contribution in [3.63, 3.8) is 0 Å². The smallest absolute Gasteiger partial charge is 0.220 e. The Balaban J connectivity index is 3.41. The maximum absolute atomic E-state index is 12.4. The fourth-order valence-electron chi connectivity index (χ4n) is 7.81. The van der Waals surface area contributed by atoms with Crippen molar-refractivity contribution in [3.05, 3.63) is 48.6 Å². The van der Waals surface area contributed by atoms with Gasteiger partial charge in [-0.2, -0.15) is 0 Å². The molecule has 0 bridgehead atoms. The second kappa shape index (κ2) is 49.7. The summed E-state index contributed by atoms with van der Waals surface area (Å²) in [7, 11) is 0. The molecule has 58 heavy (non-hydrogen) atoms. The van der Waals surface area contributed by atoms with E-state index in [9.17, 15) is 15.0 Å². The van der Waals surface area contributed by atoms with Crippen LogP contribution in [0, 0.1) is 0 Å². The van der Waals surface area contributed by atoms with Crippen molar-refractivity contribution in [2.75, 3.05) is 6.61 Å². The minimum Gasteiger partial charge on any atom is -0.394 e. The van der Waals surface area contributed by atoms with Gasteiger partial charge in [0.15, 0.2) is 0 Å². The fourth-order valence-corrected chi connectivity index (χ4v) is 7.81. The Bertz CT molecular complexity index is 923. The highest BCUT2D eigenvalue weighted by atomic mass is 16.3. The molecular formula is C54H101NO3. The van der Waals surface area contributed by atoms with Crippen LogP contribution in [0.25, 0.3) is 0 Å². The molecule has 4 heteroatoms. The quantitative estimate of drug-likeness (QED) is 0.0423. The Morgan fingerprint density at radius 3 is 1.10 bits per heavy atom. The lowest BCUT2D eigenvalue weighted by atomic mass is 10.0. The van der Waals surface area contributed by atoms with Gasteiger partial charge in [-0.05, 0) is 64.2 Å². The number of hydrogen-bond acceptors (Lipinski definition) is 3. The molecule has 0 aliphatic heterocycles. The average Bonchev–Trinajstić information content (AvgIpc) is 3.23. The van der Waals surface area contributed by atoms with Gasteiger partial charge in [0, 0.05) is 6.42 Å². The molecule has 0 aromatic rings. The van der Waals surface area contributed by atoms with E-state index in [-0.39, 0.29) is 12.5 Å². The Morgan fingerprint density at radius 1 is 0.414 bits per heavy atom. The van der Waals surface area contributed by atoms with E-state index in [1.54, 1.807) is 6.08 Å². The molecule has 0 aromatic carbocycles. The van der Waals surface area contributed by atoms with Crippen LogP contribution in [0.1, 0.15) is 271 Å². The standard InChI is InChI=1S/C54H101NO3/c1-3-5-7-9-11-13-15-16-17-18-19-20-21-22-23-24-25-26-27-28-29-30-31-32-33-34-35-36-37-38-40-42-44-46-48-50-54(58)55-52(51-56)53(57)49-47-45-43-41-39-14-12-10-8-6-4-2/h15-16,18-19,39,41,47,49,52-53,56-57H,3-14,17,20-38,40,42-46,48,50-51H2,1-2H3,(H,55,58)/b16-15-,19-18-,41-39+,49-47+. The maximum atomic E-state index is 12.4. The summed E-state index contributed by atoms with van der Waals surface area (Å²) < 4.78 is 0. The van der Waals surface area contributed by atoms with Gasteiger partial charge in [-0.3, -0.25) is 4.79 Å². The van der Waals surface area contributed by atoms with Crippen molar-refractivity contribution < 1.29 is 15.0 Å². The molecule has 4 nitrogen and oxygen atoms in total. The number of nitrogens with one attached hydrogen (secondary N) is 1. The third-order valence-corrected chi connectivity index (χ3v) is 11.8. The summed E-state index contributed by atoms with van der Waals surface area (Å²) in [4.78, 5) is 12.4. The zero-order chi connectivity index (χ0) is 42.1. The molecule has 340 valence electrons. The van der Waals surface area contributed by atoms with Crippen molar-refractivity contribution in [2.45, 2.75) is 283 Å². The summed E-state index contributed by atoms with van der Waals surface area (Å²) >= 11 is 0. The fraction of sp³-hybridized carbons (Fsp3) is 0.833. The largest absolute Gasteiger partial charge is 0.394 e. The molecule has 2 unspecified atom stereocenters. The molecule has 0 rings (SSSR count). The van der Waals surface area contributed by atoms with E-state index < -0.39 is 12.1 Å². The van der Waals surface area contributed by atoms with Gasteiger partial charge in [0.2, 0.25) is 5.91 Å². The SMILES string of the molecule is CCCCCCC/C=C\C/C=C\CCCCCCCCCCCCCCCCCCCCCCCCCC(=O)NC(CO)C(O)/C=C/CC/C=C/CCCCCCC. The minimum absolute atomic E-state index is 0.0724. The monoisotopic (exact) mass is 812 g/mol. The summed E-state index contributed by atoms with van der Waals surface area (Å²) in [6.45, 7) is 4.27. The van der Waals surface area contributed by atoms with Crippen LogP contribution in [0.15, 0.2) is 48.6 Å². The predicted octanol–water partition coefficient (Wildman–Crippen LogP) is 16.7. The van der Waals surface area contributed by atoms with Gasteiger partial charge in [-0.25, -0.2) is 0 Å². The van der Waals surface area contributed by atoms with Crippen LogP contribution in [0.5, 0.6) is 0 Å². The van der Waals surface area contributed by atoms with Crippen LogP contribution in [-0.2, 0) is 4.79 Å². The average molecular weight is 812 g/mol. The molecule has 0 saturated carbocycles. The van der Waals surface area contributed by atoms with E-state index in [0.717, 1.165) is 38.5 Å². The Hall–Kier alpha value is -1.65. The van der Waals surface area contributed by atoms with Crippen LogP contribution >= 0.6 is 0 Å². The lowest BCUT2D eigenvalue weighted by Gasteiger charge is -2.19. The lowest BCUT2D eigenvalue weighted by Crippen LogP contribution is -2.45. The number of carbonyl (C=O) groups is 1. The van der Waals surface area contributed by atoms with E-state index in [0.29, 0.717) is 6.42 Å². The van der Waals surface area contributed by atoms with Crippen molar-refractivity contribution in [2.24, 2.45) is 0 Å². The van der Waals surface area contributed by atoms with E-state index in [2.05, 4.69) is 55.6 Å². The number of hydrogen-bond donors (Lipinski definition) is 3. The first-order chi connectivity index (χ1) is 28.7. The second-order valence-electron chi connectivity index (χ2n) is 17.6. The van der Waals surface area contributed by atoms with Crippen molar-refractivity contribution >= 4 is 5.91 Å². The molecular weight excluding hydrogens is 711 g/mol. The van der Waals surface area contributed by atoms with Crippen LogP contribution < -0.4 is 5.32 Å². The van der Waals surface area contributed by atoms with Gasteiger partial charge in [0.1, 0.15) is 0 Å². The zero-order valence-corrected chi connectivity index (χ0v) is 39.1. The molecule has 0 radical (unpaired) electrons. The van der Waals surface area contributed by atoms with Crippen LogP contribution in [0.4, 0.5) is 0 Å². The van der Waals surface area contributed by atoms with Gasteiger partial charge >= 0.3 is 0 Å². The Labute approximate surface area is 363 Å². The topological polar surface area (TPSA) is 69.6 Å². The summed E-state index contributed by atoms with van der Waals surface area (Å²) in [6, 6.07) is -0.636. The molecule has 3 N–H and O–H groups in total. The molecule has 0 aromatic heterocycles. The van der Waals surface area contributed by atoms with Gasteiger partial charge in [0.05, 0.1) is 18.8 Å². The molecule has 0 aliphatic carbocycles. The highest BCUT2D eigenvalue weighted by Crippen LogP contribution is 2.16. The number of unbranched alkanes of at least 4 members (excludes halogenated alkanes) is 34. The van der Waals surface area contributed by atoms with E-state index in [1.807, 2.05) is 6.08 Å². The molecule has 0 aliphatic rings. The first kappa shape index (κ1) is 56.4. The number of carbonyl (C=O) groups excluding carboxylic acids is 1. The minimum atomic E-state index is -0.859. The molecule has 2 atom stereocenters. The summed E-state index contributed by atoms with van der Waals surface area (Å²) in [6.07, 6.45) is 68.4. The van der Waals surface area contributed by atoms with Gasteiger partial charge in [-0.15, -0.1) is 0 Å². The molecule has 0 heterocycles. The van der Waals surface area contributed by atoms with E-state index in [4.69, 9.17) is 0 Å². The van der Waals surface area contributed by atoms with Crippen molar-refractivity contribution in [1.29, 1.82) is 0 Å². The van der Waals surface area contributed by atoms with Crippen LogP contribution in [0.3, 0.4) is 0 Å². The van der Waals surface area contributed by atoms with Crippen molar-refractivity contribution in [3.8, 4) is 0 Å². The van der Waals surface area contributed by atoms with Gasteiger partial charge in [0.25, 0.3) is 0 Å². The normalized spacial score (nSPS) is 13.2. The summed E-state index contributed by atoms with van der Waals surface area (Å²) in [5.41, 5.74) is 0. The number of allylic oxidation sites excluding steroid dienone is 7. The number of rotatable bonds is 47. The molecule has 1 amide bonds. The Morgan fingerprint density at radius 2 is 0.724 bits per heavy atom. The number of aliphatic hydroxyl groups is 2. The van der Waals surface area contributed by atoms with Crippen LogP contribution in [0.2, 0.25) is 0 Å². The van der Waals surface area contributed by atoms with Gasteiger partial charge in [-0.1, -0.05) is 249 Å². The van der Waals surface area contributed by atoms with Crippen LogP contribution in [-0.4, -0.2) is 34.9 Å². The second-order valence-corrected chi connectivity index (χ2v) is 17.6. The highest BCUT2D eigenvalue weighted by molar-refractivity contribution is 5.76. The Kier molecular flexibility index (Phi) is 48.3. The molecule has 0 fully saturated rings. The summed E-state index contributed by atoms with van der Waals surface area (Å²) in [5.74, 6) is -0.0724. The lowest BCUT2D eigenvalue weighted by molar-refractivity contribution is -0.123. The summed E-state index contributed by atoms with van der Waals surface area (Å²) in [5, 5.41) is 22.9. The van der Waals surface area contributed by atoms with Crippen molar-refractivity contribution in [1.82, 2.24) is 5.32 Å². The highest BCUT2D eigenvalue weighted by Gasteiger charge is 2.17. The number of aliphatic hydroxyl groups excluding tert-OH is 2. The molecule has 0 saturated heterocycles. The maximum Gasteiger partial charge on any atom is 0.220 e. The van der Waals surface area contributed by atoms with Gasteiger partial charge < -0.3 is 15.5 Å². The van der Waals surface area contributed by atoms with E-state index in [1.165, 1.54) is 212 Å².